The van der Waals surface area contributed by atoms with Gasteiger partial charge in [0.25, 0.3) is 0 Å². The summed E-state index contributed by atoms with van der Waals surface area (Å²) in [5, 5.41) is 10.2. The number of aliphatic hydroxyl groups is 1. The van der Waals surface area contributed by atoms with Gasteiger partial charge < -0.3 is 9.84 Å². The van der Waals surface area contributed by atoms with Crippen molar-refractivity contribution in [3.8, 4) is 0 Å². The molecular formula is C12H20O2. The van der Waals surface area contributed by atoms with Crippen molar-refractivity contribution < 1.29 is 9.84 Å². The summed E-state index contributed by atoms with van der Waals surface area (Å²) in [5.74, 6) is 0.333. The minimum atomic E-state index is -0.243. The van der Waals surface area contributed by atoms with E-state index in [2.05, 4.69) is 13.0 Å². The monoisotopic (exact) mass is 196 g/mol. The fourth-order valence-electron chi connectivity index (χ4n) is 2.57. The van der Waals surface area contributed by atoms with Crippen molar-refractivity contribution in [2.75, 3.05) is 6.61 Å². The first-order valence-electron chi connectivity index (χ1n) is 5.77. The molecule has 1 saturated heterocycles. The fraction of sp³-hybridized carbons (Fsp3) is 0.833. The first-order chi connectivity index (χ1) is 6.79. The van der Waals surface area contributed by atoms with Crippen LogP contribution >= 0.6 is 0 Å². The molecule has 3 atom stereocenters. The van der Waals surface area contributed by atoms with Crippen molar-refractivity contribution >= 4 is 0 Å². The minimum absolute atomic E-state index is 0.229. The Morgan fingerprint density at radius 2 is 2.36 bits per heavy atom. The van der Waals surface area contributed by atoms with Gasteiger partial charge in [0.1, 0.15) is 0 Å². The van der Waals surface area contributed by atoms with Crippen molar-refractivity contribution in [3.05, 3.63) is 11.6 Å². The van der Waals surface area contributed by atoms with E-state index in [1.165, 1.54) is 18.4 Å². The van der Waals surface area contributed by atoms with E-state index in [0.717, 1.165) is 25.9 Å². The molecule has 0 spiro atoms. The van der Waals surface area contributed by atoms with Gasteiger partial charge in [-0.1, -0.05) is 6.08 Å². The zero-order chi connectivity index (χ0) is 9.97. The molecule has 2 aliphatic rings. The van der Waals surface area contributed by atoms with Crippen LogP contribution in [0.2, 0.25) is 0 Å². The largest absolute Gasteiger partial charge is 0.388 e. The Balaban J connectivity index is 1.99. The molecule has 0 amide bonds. The molecule has 0 aromatic carbocycles. The van der Waals surface area contributed by atoms with Gasteiger partial charge in [0, 0.05) is 12.5 Å². The first kappa shape index (κ1) is 10.2. The van der Waals surface area contributed by atoms with E-state index in [1.807, 2.05) is 0 Å². The van der Waals surface area contributed by atoms with Crippen molar-refractivity contribution in [1.82, 2.24) is 0 Å². The molecular weight excluding hydrogens is 176 g/mol. The summed E-state index contributed by atoms with van der Waals surface area (Å²) in [4.78, 5) is 0. The molecule has 1 heterocycles. The molecule has 0 saturated carbocycles. The quantitative estimate of drug-likeness (QED) is 0.686. The maximum absolute atomic E-state index is 10.2. The van der Waals surface area contributed by atoms with Crippen LogP contribution < -0.4 is 0 Å². The average Bonchev–Trinajstić information content (AvgIpc) is 2.65. The molecule has 3 unspecified atom stereocenters. The maximum atomic E-state index is 10.2. The van der Waals surface area contributed by atoms with Gasteiger partial charge >= 0.3 is 0 Å². The van der Waals surface area contributed by atoms with Gasteiger partial charge in [0.15, 0.2) is 0 Å². The topological polar surface area (TPSA) is 29.5 Å². The highest BCUT2D eigenvalue weighted by atomic mass is 16.5. The van der Waals surface area contributed by atoms with Crippen LogP contribution in [0, 0.1) is 5.92 Å². The number of hydrogen-bond acceptors (Lipinski definition) is 2. The number of hydrogen-bond donors (Lipinski definition) is 1. The number of ether oxygens (including phenoxy) is 1. The molecule has 1 aliphatic carbocycles. The van der Waals surface area contributed by atoms with E-state index >= 15 is 0 Å². The third-order valence-corrected chi connectivity index (χ3v) is 3.55. The number of aliphatic hydroxyl groups excluding tert-OH is 1. The lowest BCUT2D eigenvalue weighted by molar-refractivity contribution is 0.0576. The molecule has 0 aromatic rings. The van der Waals surface area contributed by atoms with Gasteiger partial charge in [0.05, 0.1) is 12.2 Å². The summed E-state index contributed by atoms with van der Waals surface area (Å²) in [6.45, 7) is 2.89. The van der Waals surface area contributed by atoms with E-state index in [9.17, 15) is 5.11 Å². The van der Waals surface area contributed by atoms with Crippen LogP contribution in [0.1, 0.15) is 39.0 Å². The first-order valence-corrected chi connectivity index (χ1v) is 5.77. The van der Waals surface area contributed by atoms with Gasteiger partial charge in [-0.15, -0.1) is 0 Å². The fourth-order valence-corrected chi connectivity index (χ4v) is 2.57. The average molecular weight is 196 g/mol. The molecule has 1 N–H and O–H groups in total. The number of allylic oxidation sites excluding steroid dienone is 1. The molecule has 80 valence electrons. The molecule has 2 heteroatoms. The Bertz CT molecular complexity index is 222. The van der Waals surface area contributed by atoms with Gasteiger partial charge in [0.2, 0.25) is 0 Å². The summed E-state index contributed by atoms with van der Waals surface area (Å²) in [6.07, 6.45) is 8.00. The van der Waals surface area contributed by atoms with E-state index in [4.69, 9.17) is 4.74 Å². The van der Waals surface area contributed by atoms with Crippen molar-refractivity contribution in [2.24, 2.45) is 5.92 Å². The van der Waals surface area contributed by atoms with Gasteiger partial charge in [-0.3, -0.25) is 0 Å². The Morgan fingerprint density at radius 1 is 1.50 bits per heavy atom. The molecule has 2 rings (SSSR count). The van der Waals surface area contributed by atoms with E-state index < -0.39 is 0 Å². The lowest BCUT2D eigenvalue weighted by Crippen LogP contribution is -2.28. The van der Waals surface area contributed by atoms with Gasteiger partial charge in [-0.2, -0.15) is 0 Å². The summed E-state index contributed by atoms with van der Waals surface area (Å²) in [7, 11) is 0. The second-order valence-corrected chi connectivity index (χ2v) is 4.50. The molecule has 0 bridgehead atoms. The van der Waals surface area contributed by atoms with E-state index in [1.54, 1.807) is 0 Å². The normalized spacial score (nSPS) is 35.4. The Kier molecular flexibility index (Phi) is 3.24. The third kappa shape index (κ3) is 2.01. The highest BCUT2D eigenvalue weighted by molar-refractivity contribution is 5.13. The van der Waals surface area contributed by atoms with Crippen LogP contribution in [0.25, 0.3) is 0 Å². The van der Waals surface area contributed by atoms with Crippen LogP contribution in [0.15, 0.2) is 11.6 Å². The molecule has 14 heavy (non-hydrogen) atoms. The van der Waals surface area contributed by atoms with Gasteiger partial charge in [-0.05, 0) is 44.6 Å². The molecule has 0 aromatic heterocycles. The smallest absolute Gasteiger partial charge is 0.0803 e. The van der Waals surface area contributed by atoms with Crippen LogP contribution in [0.4, 0.5) is 0 Å². The maximum Gasteiger partial charge on any atom is 0.0803 e. The van der Waals surface area contributed by atoms with Crippen molar-refractivity contribution in [2.45, 2.75) is 51.2 Å². The zero-order valence-electron chi connectivity index (χ0n) is 8.91. The molecule has 1 fully saturated rings. The lowest BCUT2D eigenvalue weighted by atomic mass is 9.85. The highest BCUT2D eigenvalue weighted by Crippen LogP contribution is 2.31. The Hall–Kier alpha value is -0.340. The SMILES string of the molecule is CC1OCCC1C(O)C1=CCCCC1. The molecule has 1 aliphatic heterocycles. The van der Waals surface area contributed by atoms with Crippen LogP contribution in [0.5, 0.6) is 0 Å². The lowest BCUT2D eigenvalue weighted by Gasteiger charge is -2.25. The van der Waals surface area contributed by atoms with E-state index in [0.29, 0.717) is 5.92 Å². The number of rotatable bonds is 2. The predicted octanol–water partition coefficient (Wildman–Crippen LogP) is 2.27. The van der Waals surface area contributed by atoms with Crippen LogP contribution in [-0.2, 0) is 4.74 Å². The van der Waals surface area contributed by atoms with Gasteiger partial charge in [-0.25, -0.2) is 0 Å². The molecule has 0 radical (unpaired) electrons. The van der Waals surface area contributed by atoms with Crippen molar-refractivity contribution in [3.63, 3.8) is 0 Å². The standard InChI is InChI=1S/C12H20O2/c1-9-11(7-8-14-9)12(13)10-5-3-2-4-6-10/h5,9,11-13H,2-4,6-8H2,1H3. The van der Waals surface area contributed by atoms with Crippen LogP contribution in [0.3, 0.4) is 0 Å². The second-order valence-electron chi connectivity index (χ2n) is 4.50. The van der Waals surface area contributed by atoms with Crippen molar-refractivity contribution in [1.29, 1.82) is 0 Å². The second kappa shape index (κ2) is 4.45. The minimum Gasteiger partial charge on any atom is -0.388 e. The highest BCUT2D eigenvalue weighted by Gasteiger charge is 2.32. The molecule has 2 nitrogen and oxygen atoms in total. The third-order valence-electron chi connectivity index (χ3n) is 3.55. The Labute approximate surface area is 86.0 Å². The Morgan fingerprint density at radius 3 is 2.93 bits per heavy atom. The summed E-state index contributed by atoms with van der Waals surface area (Å²) < 4.78 is 5.49. The zero-order valence-corrected chi connectivity index (χ0v) is 8.91. The predicted molar refractivity (Wildman–Crippen MR) is 56.1 cm³/mol. The van der Waals surface area contributed by atoms with Crippen LogP contribution in [-0.4, -0.2) is 23.9 Å². The summed E-state index contributed by atoms with van der Waals surface area (Å²) in [6, 6.07) is 0. The summed E-state index contributed by atoms with van der Waals surface area (Å²) >= 11 is 0. The summed E-state index contributed by atoms with van der Waals surface area (Å²) in [5.41, 5.74) is 1.26. The van der Waals surface area contributed by atoms with E-state index in [-0.39, 0.29) is 12.2 Å².